The molecule has 0 fully saturated rings. The first-order valence-corrected chi connectivity index (χ1v) is 16.1. The summed E-state index contributed by atoms with van der Waals surface area (Å²) in [5.74, 6) is 1.32. The van der Waals surface area contributed by atoms with Crippen molar-refractivity contribution < 1.29 is 9.85 Å². The number of aromatic nitrogens is 6. The number of rotatable bonds is 8. The Morgan fingerprint density at radius 2 is 1.24 bits per heavy atom. The van der Waals surface area contributed by atoms with Crippen LogP contribution in [0, 0.1) is 20.2 Å². The third kappa shape index (κ3) is 9.38. The summed E-state index contributed by atoms with van der Waals surface area (Å²) in [4.78, 5) is 28.8. The average Bonchev–Trinajstić information content (AvgIpc) is 3.69. The summed E-state index contributed by atoms with van der Waals surface area (Å²) in [6.07, 6.45) is 3.55. The van der Waals surface area contributed by atoms with Crippen molar-refractivity contribution in [2.24, 2.45) is 5.73 Å². The molecule has 0 saturated heterocycles. The monoisotopic (exact) mass is 726 g/mol. The number of fused-ring (bicyclic) bond motifs is 2. The van der Waals surface area contributed by atoms with Crippen molar-refractivity contribution in [3.8, 4) is 0 Å². The molecule has 6 aromatic rings. The SMILES string of the molecule is CC(C)c1cnn2c(Cl)cc(Cl)nc12.CC(C)c1cnn2c(NCc3cccc([N+](=O)[O-])c3)cc(Cl)nc12.NCc1cccc([N+](=O)[O-])c1. The number of anilines is 1. The molecule has 0 amide bonds. The third-order valence-electron chi connectivity index (χ3n) is 7.09. The highest BCUT2D eigenvalue weighted by Crippen LogP contribution is 2.25. The van der Waals surface area contributed by atoms with Gasteiger partial charge >= 0.3 is 0 Å². The Hall–Kier alpha value is -4.89. The second-order valence-electron chi connectivity index (χ2n) is 11.3. The fourth-order valence-corrected chi connectivity index (χ4v) is 5.23. The summed E-state index contributed by atoms with van der Waals surface area (Å²) in [6, 6.07) is 16.0. The van der Waals surface area contributed by atoms with Crippen LogP contribution in [0.25, 0.3) is 11.3 Å². The molecule has 0 radical (unpaired) electrons. The number of hydrogen-bond donors (Lipinski definition) is 2. The molecule has 3 N–H and O–H groups in total. The predicted molar refractivity (Wildman–Crippen MR) is 191 cm³/mol. The van der Waals surface area contributed by atoms with Gasteiger partial charge in [0, 0.05) is 60.6 Å². The van der Waals surface area contributed by atoms with Crippen LogP contribution in [-0.4, -0.2) is 39.0 Å². The van der Waals surface area contributed by atoms with E-state index in [2.05, 4.69) is 53.2 Å². The van der Waals surface area contributed by atoms with Crippen molar-refractivity contribution in [3.63, 3.8) is 0 Å². The summed E-state index contributed by atoms with van der Waals surface area (Å²) in [5, 5.41) is 34.1. The Morgan fingerprint density at radius 3 is 1.78 bits per heavy atom. The minimum atomic E-state index is -0.431. The number of hydrogen-bond acceptors (Lipinski definition) is 10. The Kier molecular flexibility index (Phi) is 12.4. The maximum absolute atomic E-state index is 10.9. The smallest absolute Gasteiger partial charge is 0.269 e. The van der Waals surface area contributed by atoms with Crippen LogP contribution in [0.2, 0.25) is 15.5 Å². The van der Waals surface area contributed by atoms with Gasteiger partial charge in [-0.2, -0.15) is 14.7 Å². The van der Waals surface area contributed by atoms with Crippen molar-refractivity contribution in [2.45, 2.75) is 52.6 Å². The molecule has 6 rings (SSSR count). The first-order valence-electron chi connectivity index (χ1n) is 14.9. The number of nitrogens with zero attached hydrogens (tertiary/aromatic N) is 8. The number of benzene rings is 2. The highest BCUT2D eigenvalue weighted by Gasteiger charge is 2.14. The zero-order valence-corrected chi connectivity index (χ0v) is 29.2. The summed E-state index contributed by atoms with van der Waals surface area (Å²) < 4.78 is 3.28. The van der Waals surface area contributed by atoms with Crippen LogP contribution in [0.5, 0.6) is 0 Å². The Labute approximate surface area is 296 Å². The van der Waals surface area contributed by atoms with E-state index in [1.165, 1.54) is 24.3 Å². The molecule has 17 heteroatoms. The van der Waals surface area contributed by atoms with Crippen LogP contribution in [-0.2, 0) is 13.1 Å². The second-order valence-corrected chi connectivity index (χ2v) is 12.4. The third-order valence-corrected chi connectivity index (χ3v) is 7.74. The number of nitro benzene ring substituents is 2. The van der Waals surface area contributed by atoms with Crippen molar-refractivity contribution in [2.75, 3.05) is 5.32 Å². The number of nitrogens with one attached hydrogen (secondary N) is 1. The van der Waals surface area contributed by atoms with Gasteiger partial charge in [0.2, 0.25) is 0 Å². The molecule has 0 aliphatic rings. The highest BCUT2D eigenvalue weighted by atomic mass is 35.5. The van der Waals surface area contributed by atoms with Crippen LogP contribution in [0.15, 0.2) is 73.1 Å². The van der Waals surface area contributed by atoms with Gasteiger partial charge in [-0.05, 0) is 23.0 Å². The zero-order valence-electron chi connectivity index (χ0n) is 26.9. The highest BCUT2D eigenvalue weighted by molar-refractivity contribution is 6.33. The molecular weight excluding hydrogens is 695 g/mol. The zero-order chi connectivity index (χ0) is 35.8. The van der Waals surface area contributed by atoms with E-state index in [4.69, 9.17) is 40.5 Å². The van der Waals surface area contributed by atoms with Crippen molar-refractivity contribution >= 4 is 63.3 Å². The molecule has 0 saturated carbocycles. The second kappa shape index (κ2) is 16.5. The van der Waals surface area contributed by atoms with Crippen molar-refractivity contribution in [1.29, 1.82) is 0 Å². The van der Waals surface area contributed by atoms with Gasteiger partial charge in [-0.3, -0.25) is 20.2 Å². The topological polar surface area (TPSA) is 185 Å². The van der Waals surface area contributed by atoms with Gasteiger partial charge in [0.25, 0.3) is 11.4 Å². The van der Waals surface area contributed by atoms with Gasteiger partial charge in [0.1, 0.15) is 21.3 Å². The maximum Gasteiger partial charge on any atom is 0.269 e. The van der Waals surface area contributed by atoms with Crippen LogP contribution in [0.1, 0.15) is 61.8 Å². The van der Waals surface area contributed by atoms with Gasteiger partial charge < -0.3 is 11.1 Å². The van der Waals surface area contributed by atoms with E-state index in [1.54, 1.807) is 51.8 Å². The van der Waals surface area contributed by atoms with Crippen LogP contribution >= 0.6 is 34.8 Å². The first-order chi connectivity index (χ1) is 23.3. The van der Waals surface area contributed by atoms with Gasteiger partial charge in [0.15, 0.2) is 11.3 Å². The van der Waals surface area contributed by atoms with E-state index in [0.717, 1.165) is 27.9 Å². The number of nitro groups is 2. The fraction of sp³-hybridized carbons (Fsp3) is 0.250. The molecule has 0 aliphatic heterocycles. The van der Waals surface area contributed by atoms with Crippen molar-refractivity contribution in [3.05, 3.63) is 131 Å². The molecule has 0 unspecified atom stereocenters. The maximum atomic E-state index is 10.9. The molecule has 4 aromatic heterocycles. The van der Waals surface area contributed by atoms with Crippen LogP contribution < -0.4 is 11.1 Å². The lowest BCUT2D eigenvalue weighted by molar-refractivity contribution is -0.385. The summed E-state index contributed by atoms with van der Waals surface area (Å²) in [5.41, 5.74) is 10.5. The largest absolute Gasteiger partial charge is 0.366 e. The van der Waals surface area contributed by atoms with Gasteiger partial charge in [-0.1, -0.05) is 86.8 Å². The summed E-state index contributed by atoms with van der Waals surface area (Å²) in [6.45, 7) is 9.03. The molecule has 0 bridgehead atoms. The molecule has 256 valence electrons. The first kappa shape index (κ1) is 36.9. The molecule has 0 spiro atoms. The minimum absolute atomic E-state index is 0.0633. The normalized spacial score (nSPS) is 10.9. The quantitative estimate of drug-likeness (QED) is 0.0879. The van der Waals surface area contributed by atoms with Gasteiger partial charge in [0.05, 0.1) is 22.2 Å². The fourth-order valence-electron chi connectivity index (χ4n) is 4.58. The van der Waals surface area contributed by atoms with Crippen molar-refractivity contribution in [1.82, 2.24) is 29.2 Å². The van der Waals surface area contributed by atoms with E-state index < -0.39 is 9.85 Å². The lowest BCUT2D eigenvalue weighted by Crippen LogP contribution is -2.06. The Morgan fingerprint density at radius 1 is 0.755 bits per heavy atom. The number of nitrogens with two attached hydrogens (primary N) is 1. The predicted octanol–water partition coefficient (Wildman–Crippen LogP) is 8.24. The molecule has 14 nitrogen and oxygen atoms in total. The van der Waals surface area contributed by atoms with E-state index >= 15 is 0 Å². The molecule has 49 heavy (non-hydrogen) atoms. The summed E-state index contributed by atoms with van der Waals surface area (Å²) in [7, 11) is 0. The van der Waals surface area contributed by atoms with Crippen LogP contribution in [0.3, 0.4) is 0 Å². The summed E-state index contributed by atoms with van der Waals surface area (Å²) >= 11 is 17.9. The minimum Gasteiger partial charge on any atom is -0.366 e. The lowest BCUT2D eigenvalue weighted by atomic mass is 10.1. The molecule has 0 atom stereocenters. The number of non-ortho nitro benzene ring substituents is 2. The molecule has 0 aliphatic carbocycles. The Bertz CT molecular complexity index is 2100. The van der Waals surface area contributed by atoms with E-state index in [1.807, 2.05) is 6.07 Å². The average molecular weight is 728 g/mol. The molecule has 2 aromatic carbocycles. The number of halogens is 3. The van der Waals surface area contributed by atoms with Gasteiger partial charge in [-0.25, -0.2) is 14.5 Å². The Balaban J connectivity index is 0.000000183. The molecular formula is C32H33Cl3N10O4. The lowest BCUT2D eigenvalue weighted by Gasteiger charge is -2.10. The standard InChI is InChI=1S/C16H16ClN5O2.C9H9Cl2N3.C7H8N2O2/c1-10(2)13-9-19-21-15(7-14(17)20-16(13)21)18-8-11-4-3-5-12(6-11)22(23)24;1-5(2)6-4-12-14-8(11)3-7(10)13-9(6)14;8-5-6-2-1-3-7(4-6)9(10)11/h3-7,9-10,18H,8H2,1-2H3;3-5H,1-2H3;1-4H,5,8H2. The van der Waals surface area contributed by atoms with E-state index in [9.17, 15) is 20.2 Å². The van der Waals surface area contributed by atoms with E-state index in [0.29, 0.717) is 45.9 Å². The van der Waals surface area contributed by atoms with Crippen LogP contribution in [0.4, 0.5) is 17.2 Å². The van der Waals surface area contributed by atoms with Gasteiger partial charge in [-0.15, -0.1) is 0 Å². The molecule has 4 heterocycles. The van der Waals surface area contributed by atoms with E-state index in [-0.39, 0.29) is 17.3 Å².